The van der Waals surface area contributed by atoms with Gasteiger partial charge in [-0.25, -0.2) is 0 Å². The van der Waals surface area contributed by atoms with Gasteiger partial charge in [0.05, 0.1) is 6.10 Å². The van der Waals surface area contributed by atoms with E-state index in [0.29, 0.717) is 0 Å². The molecule has 14 heavy (non-hydrogen) atoms. The third-order valence-electron chi connectivity index (χ3n) is 2.62. The molecule has 0 spiro atoms. The number of aliphatic hydroxyl groups is 1. The Morgan fingerprint density at radius 2 is 1.79 bits per heavy atom. The minimum absolute atomic E-state index is 0.0807. The second-order valence-corrected chi connectivity index (χ2v) is 3.97. The fourth-order valence-electron chi connectivity index (χ4n) is 1.21. The Bertz CT molecular complexity index is 307. The van der Waals surface area contributed by atoms with Crippen LogP contribution in [0.3, 0.4) is 0 Å². The molecule has 0 bridgehead atoms. The van der Waals surface area contributed by atoms with Crippen LogP contribution in [0, 0.1) is 13.8 Å². The minimum Gasteiger partial charge on any atom is -0.391 e. The Labute approximate surface area is 86.0 Å². The number of aliphatic hydroxyl groups excluding tert-OH is 1. The standard InChI is InChI=1S/C12H19NO/c1-8-5-6-12(7-9(8)2)13-10(3)11(4)14/h5-7,10-11,13-14H,1-4H3. The predicted molar refractivity (Wildman–Crippen MR) is 60.7 cm³/mol. The third kappa shape index (κ3) is 2.74. The topological polar surface area (TPSA) is 32.3 Å². The van der Waals surface area contributed by atoms with E-state index in [-0.39, 0.29) is 12.1 Å². The molecule has 0 saturated heterocycles. The second-order valence-electron chi connectivity index (χ2n) is 3.97. The summed E-state index contributed by atoms with van der Waals surface area (Å²) in [7, 11) is 0. The smallest absolute Gasteiger partial charge is 0.0710 e. The quantitative estimate of drug-likeness (QED) is 0.773. The molecule has 0 aliphatic heterocycles. The van der Waals surface area contributed by atoms with Gasteiger partial charge in [-0.3, -0.25) is 0 Å². The van der Waals surface area contributed by atoms with Gasteiger partial charge in [-0.2, -0.15) is 0 Å². The zero-order valence-corrected chi connectivity index (χ0v) is 9.33. The van der Waals surface area contributed by atoms with Crippen LogP contribution in [0.1, 0.15) is 25.0 Å². The maximum absolute atomic E-state index is 9.34. The highest BCUT2D eigenvalue weighted by molar-refractivity contribution is 5.48. The molecule has 0 fully saturated rings. The Morgan fingerprint density at radius 1 is 1.14 bits per heavy atom. The van der Waals surface area contributed by atoms with Crippen LogP contribution in [0.25, 0.3) is 0 Å². The average Bonchev–Trinajstić information content (AvgIpc) is 2.11. The van der Waals surface area contributed by atoms with Crippen LogP contribution >= 0.6 is 0 Å². The first-order valence-electron chi connectivity index (χ1n) is 5.02. The van der Waals surface area contributed by atoms with Crippen molar-refractivity contribution in [1.82, 2.24) is 0 Å². The molecule has 1 rings (SSSR count). The summed E-state index contributed by atoms with van der Waals surface area (Å²) < 4.78 is 0. The van der Waals surface area contributed by atoms with E-state index >= 15 is 0 Å². The summed E-state index contributed by atoms with van der Waals surface area (Å²) in [6.45, 7) is 7.95. The lowest BCUT2D eigenvalue weighted by atomic mass is 10.1. The molecule has 0 amide bonds. The van der Waals surface area contributed by atoms with Gasteiger partial charge >= 0.3 is 0 Å². The van der Waals surface area contributed by atoms with E-state index in [9.17, 15) is 5.11 Å². The Kier molecular flexibility index (Phi) is 3.53. The van der Waals surface area contributed by atoms with Crippen LogP contribution in [0.15, 0.2) is 18.2 Å². The van der Waals surface area contributed by atoms with E-state index in [1.165, 1.54) is 11.1 Å². The number of benzene rings is 1. The summed E-state index contributed by atoms with van der Waals surface area (Å²) in [6.07, 6.45) is -0.336. The zero-order chi connectivity index (χ0) is 10.7. The predicted octanol–water partition coefficient (Wildman–Crippen LogP) is 2.48. The Morgan fingerprint density at radius 3 is 2.29 bits per heavy atom. The molecule has 0 heterocycles. The number of nitrogens with one attached hydrogen (secondary N) is 1. The van der Waals surface area contributed by atoms with E-state index in [4.69, 9.17) is 0 Å². The number of hydrogen-bond acceptors (Lipinski definition) is 2. The lowest BCUT2D eigenvalue weighted by Crippen LogP contribution is -2.27. The van der Waals surface area contributed by atoms with Gasteiger partial charge in [-0.1, -0.05) is 6.07 Å². The maximum atomic E-state index is 9.34. The van der Waals surface area contributed by atoms with E-state index in [0.717, 1.165) is 5.69 Å². The van der Waals surface area contributed by atoms with Gasteiger partial charge in [0.1, 0.15) is 0 Å². The van der Waals surface area contributed by atoms with Gasteiger partial charge in [-0.15, -0.1) is 0 Å². The Hall–Kier alpha value is -1.02. The summed E-state index contributed by atoms with van der Waals surface area (Å²) in [6, 6.07) is 6.32. The molecule has 1 aromatic rings. The molecule has 0 radical (unpaired) electrons. The van der Waals surface area contributed by atoms with Crippen molar-refractivity contribution in [3.63, 3.8) is 0 Å². The van der Waals surface area contributed by atoms with E-state index < -0.39 is 0 Å². The molecule has 0 saturated carbocycles. The summed E-state index contributed by atoms with van der Waals surface area (Å²) in [5.74, 6) is 0. The van der Waals surface area contributed by atoms with Crippen molar-refractivity contribution in [3.8, 4) is 0 Å². The molecule has 2 heteroatoms. The normalized spacial score (nSPS) is 14.9. The Balaban J connectivity index is 2.73. The molecule has 1 aromatic carbocycles. The van der Waals surface area contributed by atoms with Crippen molar-refractivity contribution in [2.24, 2.45) is 0 Å². The summed E-state index contributed by atoms with van der Waals surface area (Å²) in [5.41, 5.74) is 3.63. The summed E-state index contributed by atoms with van der Waals surface area (Å²) in [5, 5.41) is 12.6. The van der Waals surface area contributed by atoms with Crippen LogP contribution in [0.5, 0.6) is 0 Å². The van der Waals surface area contributed by atoms with Crippen LogP contribution in [0.4, 0.5) is 5.69 Å². The molecule has 2 unspecified atom stereocenters. The largest absolute Gasteiger partial charge is 0.391 e. The fourth-order valence-corrected chi connectivity index (χ4v) is 1.21. The highest BCUT2D eigenvalue weighted by Gasteiger charge is 2.07. The van der Waals surface area contributed by atoms with E-state index in [2.05, 4.69) is 31.3 Å². The van der Waals surface area contributed by atoms with Crippen molar-refractivity contribution < 1.29 is 5.11 Å². The summed E-state index contributed by atoms with van der Waals surface area (Å²) >= 11 is 0. The van der Waals surface area contributed by atoms with E-state index in [1.54, 1.807) is 6.92 Å². The molecule has 2 N–H and O–H groups in total. The second kappa shape index (κ2) is 4.47. The highest BCUT2D eigenvalue weighted by atomic mass is 16.3. The van der Waals surface area contributed by atoms with Crippen molar-refractivity contribution in [2.75, 3.05) is 5.32 Å². The molecule has 78 valence electrons. The first-order chi connectivity index (χ1) is 6.50. The average molecular weight is 193 g/mol. The van der Waals surface area contributed by atoms with Gasteiger partial charge in [0.25, 0.3) is 0 Å². The van der Waals surface area contributed by atoms with Crippen LogP contribution in [0.2, 0.25) is 0 Å². The van der Waals surface area contributed by atoms with Gasteiger partial charge in [-0.05, 0) is 51.0 Å². The van der Waals surface area contributed by atoms with Crippen molar-refractivity contribution >= 4 is 5.69 Å². The van der Waals surface area contributed by atoms with E-state index in [1.807, 2.05) is 13.0 Å². The lowest BCUT2D eigenvalue weighted by Gasteiger charge is -2.18. The monoisotopic (exact) mass is 193 g/mol. The van der Waals surface area contributed by atoms with Gasteiger partial charge < -0.3 is 10.4 Å². The molecular formula is C12H19NO. The van der Waals surface area contributed by atoms with Crippen molar-refractivity contribution in [3.05, 3.63) is 29.3 Å². The molecule has 0 aliphatic carbocycles. The maximum Gasteiger partial charge on any atom is 0.0710 e. The lowest BCUT2D eigenvalue weighted by molar-refractivity contribution is 0.178. The fraction of sp³-hybridized carbons (Fsp3) is 0.500. The highest BCUT2D eigenvalue weighted by Crippen LogP contribution is 2.15. The number of hydrogen-bond donors (Lipinski definition) is 2. The molecule has 0 aromatic heterocycles. The van der Waals surface area contributed by atoms with Gasteiger partial charge in [0.2, 0.25) is 0 Å². The number of anilines is 1. The zero-order valence-electron chi connectivity index (χ0n) is 9.33. The first kappa shape index (κ1) is 11.1. The van der Waals surface area contributed by atoms with Gasteiger partial charge in [0.15, 0.2) is 0 Å². The summed E-state index contributed by atoms with van der Waals surface area (Å²) in [4.78, 5) is 0. The van der Waals surface area contributed by atoms with Crippen molar-refractivity contribution in [1.29, 1.82) is 0 Å². The third-order valence-corrected chi connectivity index (χ3v) is 2.62. The number of aryl methyl sites for hydroxylation is 2. The van der Waals surface area contributed by atoms with Gasteiger partial charge in [0, 0.05) is 11.7 Å². The first-order valence-corrected chi connectivity index (χ1v) is 5.02. The van der Waals surface area contributed by atoms with Crippen LogP contribution in [-0.2, 0) is 0 Å². The van der Waals surface area contributed by atoms with Crippen molar-refractivity contribution in [2.45, 2.75) is 39.8 Å². The SMILES string of the molecule is Cc1ccc(NC(C)C(C)O)cc1C. The molecule has 0 aliphatic rings. The number of rotatable bonds is 3. The minimum atomic E-state index is -0.336. The van der Waals surface area contributed by atoms with Crippen LogP contribution in [-0.4, -0.2) is 17.3 Å². The van der Waals surface area contributed by atoms with Crippen LogP contribution < -0.4 is 5.32 Å². The molecule has 2 atom stereocenters. The molecular weight excluding hydrogens is 174 g/mol. The molecule has 2 nitrogen and oxygen atoms in total.